The molecule has 1 rings (SSSR count). The van der Waals surface area contributed by atoms with Crippen molar-refractivity contribution in [1.82, 2.24) is 0 Å². The molecule has 0 amide bonds. The average Bonchev–Trinajstić information content (AvgIpc) is 2.15. The van der Waals surface area contributed by atoms with Crippen LogP contribution in [0.5, 0.6) is 0 Å². The molecule has 6 heteroatoms. The van der Waals surface area contributed by atoms with Gasteiger partial charge in [0, 0.05) is 0 Å². The zero-order chi connectivity index (χ0) is 10.8. The van der Waals surface area contributed by atoms with Crippen molar-refractivity contribution < 1.29 is 19.3 Å². The Kier molecular flexibility index (Phi) is 3.37. The fourth-order valence-corrected chi connectivity index (χ4v) is 2.44. The van der Waals surface area contributed by atoms with Gasteiger partial charge in [-0.15, -0.1) is 0 Å². The number of hydrogen-bond donors (Lipinski definition) is 2. The van der Waals surface area contributed by atoms with Crippen molar-refractivity contribution in [2.75, 3.05) is 7.11 Å². The third kappa shape index (κ3) is 2.61. The van der Waals surface area contributed by atoms with E-state index in [0.717, 1.165) is 0 Å². The fraction of sp³-hybridized carbons (Fsp3) is 0.125. The molecule has 0 saturated heterocycles. The molecular weight excluding hydrogens is 298 g/mol. The van der Waals surface area contributed by atoms with Crippen molar-refractivity contribution in [3.63, 3.8) is 0 Å². The third-order valence-corrected chi connectivity index (χ3v) is 4.40. The van der Waals surface area contributed by atoms with E-state index in [1.54, 1.807) is 0 Å². The Balaban J connectivity index is 3.01. The van der Waals surface area contributed by atoms with E-state index in [-0.39, 0.29) is 9.07 Å². The number of ether oxygens (including phenoxy) is 1. The van der Waals surface area contributed by atoms with Crippen LogP contribution in [0.2, 0.25) is 0 Å². The van der Waals surface area contributed by atoms with E-state index in [0.29, 0.717) is 0 Å². The second kappa shape index (κ2) is 4.17. The number of esters is 1. The Morgan fingerprint density at radius 3 is 2.14 bits per heavy atom. The molecule has 0 aliphatic rings. The number of carbonyl (C=O) groups is 1. The molecule has 0 radical (unpaired) electrons. The molecule has 0 aliphatic carbocycles. The van der Waals surface area contributed by atoms with Crippen molar-refractivity contribution in [3.05, 3.63) is 29.8 Å². The monoisotopic (exact) mass is 306 g/mol. The first-order chi connectivity index (χ1) is 6.45. The van der Waals surface area contributed by atoms with Crippen LogP contribution in [0.15, 0.2) is 24.3 Å². The fourth-order valence-electron chi connectivity index (χ4n) is 0.910. The molecule has 0 heterocycles. The van der Waals surface area contributed by atoms with Crippen LogP contribution in [0.4, 0.5) is 0 Å². The van der Waals surface area contributed by atoms with Crippen LogP contribution in [-0.2, 0) is 7.75 Å². The molecule has 0 saturated carbocycles. The Hall–Kier alpha value is -0.772. The Morgan fingerprint density at radius 2 is 1.79 bits per heavy atom. The molecule has 5 nitrogen and oxygen atoms in total. The topological polar surface area (TPSA) is 83.8 Å². The van der Waals surface area contributed by atoms with Gasteiger partial charge in [-0.2, -0.15) is 0 Å². The van der Waals surface area contributed by atoms with E-state index in [1.807, 2.05) is 0 Å². The maximum atomic E-state index is 11.0. The van der Waals surface area contributed by atoms with Gasteiger partial charge in [0.2, 0.25) is 0 Å². The molecular formula is C8H9O5Sb. The van der Waals surface area contributed by atoms with Gasteiger partial charge in [-0.3, -0.25) is 0 Å². The first kappa shape index (κ1) is 11.3. The summed E-state index contributed by atoms with van der Waals surface area (Å²) in [6.07, 6.45) is 0. The Morgan fingerprint density at radius 1 is 1.29 bits per heavy atom. The minimum absolute atomic E-state index is 0.0313. The van der Waals surface area contributed by atoms with Crippen molar-refractivity contribution in [1.29, 1.82) is 0 Å². The van der Waals surface area contributed by atoms with Crippen molar-refractivity contribution in [2.45, 2.75) is 0 Å². The Labute approximate surface area is 85.5 Å². The molecule has 0 aliphatic heterocycles. The van der Waals surface area contributed by atoms with Crippen molar-refractivity contribution in [2.24, 2.45) is 0 Å². The van der Waals surface area contributed by atoms with Gasteiger partial charge >= 0.3 is 85.4 Å². The molecule has 14 heavy (non-hydrogen) atoms. The van der Waals surface area contributed by atoms with E-state index < -0.39 is 25.6 Å². The van der Waals surface area contributed by atoms with E-state index in [1.165, 1.54) is 31.4 Å². The molecule has 1 aromatic rings. The summed E-state index contributed by atoms with van der Waals surface area (Å²) in [5.74, 6) is -0.530. The SMILES string of the molecule is COC(=O)c1cc[c]([Sb](=[O])([OH])[OH])cc1. The molecule has 0 spiro atoms. The summed E-state index contributed by atoms with van der Waals surface area (Å²) >= 11 is -5.11. The summed E-state index contributed by atoms with van der Waals surface area (Å²) in [7, 11) is 1.24. The van der Waals surface area contributed by atoms with Gasteiger partial charge in [-0.25, -0.2) is 0 Å². The normalized spacial score (nSPS) is 11.1. The quantitative estimate of drug-likeness (QED) is 0.543. The first-order valence-corrected chi connectivity index (χ1v) is 8.30. The van der Waals surface area contributed by atoms with Gasteiger partial charge in [0.05, 0.1) is 0 Å². The third-order valence-electron chi connectivity index (χ3n) is 1.62. The van der Waals surface area contributed by atoms with Gasteiger partial charge in [0.1, 0.15) is 0 Å². The van der Waals surface area contributed by atoms with Crippen LogP contribution in [0, 0.1) is 0 Å². The number of benzene rings is 1. The molecule has 0 unspecified atom stereocenters. The zero-order valence-electron chi connectivity index (χ0n) is 7.38. The van der Waals surface area contributed by atoms with Crippen LogP contribution >= 0.6 is 0 Å². The van der Waals surface area contributed by atoms with E-state index in [2.05, 4.69) is 4.74 Å². The summed E-state index contributed by atoms with van der Waals surface area (Å²) in [6.45, 7) is 0. The predicted molar refractivity (Wildman–Crippen MR) is 48.3 cm³/mol. The maximum absolute atomic E-state index is 11.0. The first-order valence-electron chi connectivity index (χ1n) is 3.69. The van der Waals surface area contributed by atoms with Crippen LogP contribution in [0.3, 0.4) is 0 Å². The van der Waals surface area contributed by atoms with Gasteiger partial charge in [0.15, 0.2) is 0 Å². The predicted octanol–water partition coefficient (Wildman–Crippen LogP) is -0.966. The molecule has 1 aromatic carbocycles. The van der Waals surface area contributed by atoms with Gasteiger partial charge in [-0.1, -0.05) is 0 Å². The minimum atomic E-state index is -5.11. The Bertz CT molecular complexity index is 377. The summed E-state index contributed by atoms with van der Waals surface area (Å²) < 4.78 is 33.0. The molecule has 0 atom stereocenters. The summed E-state index contributed by atoms with van der Waals surface area (Å²) in [5.41, 5.74) is 0.269. The van der Waals surface area contributed by atoms with E-state index >= 15 is 0 Å². The van der Waals surface area contributed by atoms with Crippen molar-refractivity contribution >= 4 is 29.1 Å². The second-order valence-electron chi connectivity index (χ2n) is 2.58. The summed E-state index contributed by atoms with van der Waals surface area (Å²) in [4.78, 5) is 11.0. The standard InChI is InChI=1S/C8H7O2.2H2O.O.Sb/c1-10-8(9)7-5-3-2-4-6-7;;;;/h3-6H,1H3;2*1H2;;/q;;;;+2/p-2. The second-order valence-corrected chi connectivity index (χ2v) is 7.16. The number of rotatable bonds is 2. The molecule has 0 bridgehead atoms. The number of methoxy groups -OCH3 is 1. The molecule has 0 fully saturated rings. The molecule has 76 valence electrons. The van der Waals surface area contributed by atoms with Gasteiger partial charge in [0.25, 0.3) is 0 Å². The number of carbonyl (C=O) groups excluding carboxylic acids is 1. The van der Waals surface area contributed by atoms with E-state index in [4.69, 9.17) is 6.77 Å². The van der Waals surface area contributed by atoms with Crippen LogP contribution in [0.1, 0.15) is 10.4 Å². The summed E-state index contributed by atoms with van der Waals surface area (Å²) in [5, 5.41) is 0. The summed E-state index contributed by atoms with van der Waals surface area (Å²) in [6, 6.07) is 5.14. The average molecular weight is 307 g/mol. The van der Waals surface area contributed by atoms with E-state index in [9.17, 15) is 7.81 Å². The van der Waals surface area contributed by atoms with Crippen LogP contribution in [-0.4, -0.2) is 39.5 Å². The van der Waals surface area contributed by atoms with Gasteiger partial charge < -0.3 is 0 Å². The molecule has 0 aromatic heterocycles. The van der Waals surface area contributed by atoms with Crippen molar-refractivity contribution in [3.8, 4) is 0 Å². The molecule has 2 N–H and O–H groups in total. The van der Waals surface area contributed by atoms with Crippen LogP contribution in [0.25, 0.3) is 0 Å². The van der Waals surface area contributed by atoms with Gasteiger partial charge in [-0.05, 0) is 0 Å². The van der Waals surface area contributed by atoms with Crippen LogP contribution < -0.4 is 3.51 Å². The number of hydrogen-bond acceptors (Lipinski definition) is 3. The zero-order valence-corrected chi connectivity index (χ0v) is 9.93.